The fourth-order valence-corrected chi connectivity index (χ4v) is 1.77. The van der Waals surface area contributed by atoms with Crippen LogP contribution in [-0.4, -0.2) is 54.1 Å². The monoisotopic (exact) mass is 229 g/mol. The Hall–Kier alpha value is -1.14. The second kappa shape index (κ2) is 5.81. The van der Waals surface area contributed by atoms with Crippen molar-refractivity contribution in [2.45, 2.75) is 19.4 Å². The van der Waals surface area contributed by atoms with Gasteiger partial charge in [-0.15, -0.1) is 0 Å². The van der Waals surface area contributed by atoms with Gasteiger partial charge in [0.05, 0.1) is 6.10 Å². The summed E-state index contributed by atoms with van der Waals surface area (Å²) in [6.07, 6.45) is 0.304. The number of likely N-dealkylation sites (tertiary alicyclic amines) is 1. The smallest absolute Gasteiger partial charge is 0.311 e. The third kappa shape index (κ3) is 3.18. The van der Waals surface area contributed by atoms with Gasteiger partial charge in [0, 0.05) is 32.1 Å². The van der Waals surface area contributed by atoms with Crippen molar-refractivity contribution in [3.8, 4) is 0 Å². The Morgan fingerprint density at radius 2 is 2.31 bits per heavy atom. The summed E-state index contributed by atoms with van der Waals surface area (Å²) in [5.41, 5.74) is 5.22. The fraction of sp³-hybridized carbons (Fsp3) is 0.800. The van der Waals surface area contributed by atoms with Crippen LogP contribution in [-0.2, 0) is 9.59 Å². The van der Waals surface area contributed by atoms with Gasteiger partial charge in [-0.1, -0.05) is 0 Å². The van der Waals surface area contributed by atoms with Gasteiger partial charge in [0.15, 0.2) is 0 Å². The number of aliphatic hydroxyl groups is 1. The Labute approximate surface area is 94.8 Å². The summed E-state index contributed by atoms with van der Waals surface area (Å²) in [4.78, 5) is 24.4. The minimum absolute atomic E-state index is 0.0752. The minimum atomic E-state index is -0.614. The first-order chi connectivity index (χ1) is 7.56. The van der Waals surface area contributed by atoms with Gasteiger partial charge in [-0.3, -0.25) is 9.59 Å². The first kappa shape index (κ1) is 12.9. The molecule has 1 fully saturated rings. The van der Waals surface area contributed by atoms with Crippen molar-refractivity contribution in [2.24, 2.45) is 11.7 Å². The SMILES string of the molecule is CC(O)C1CCN(C(=O)C(=O)NCCN)C1. The lowest BCUT2D eigenvalue weighted by Crippen LogP contribution is -2.43. The number of nitrogens with two attached hydrogens (primary N) is 1. The van der Waals surface area contributed by atoms with Crippen molar-refractivity contribution < 1.29 is 14.7 Å². The molecule has 0 radical (unpaired) electrons. The van der Waals surface area contributed by atoms with E-state index in [1.54, 1.807) is 6.92 Å². The molecule has 1 rings (SSSR count). The average Bonchev–Trinajstić information content (AvgIpc) is 2.74. The van der Waals surface area contributed by atoms with Gasteiger partial charge in [-0.25, -0.2) is 0 Å². The first-order valence-electron chi connectivity index (χ1n) is 5.51. The van der Waals surface area contributed by atoms with E-state index in [2.05, 4.69) is 5.32 Å². The lowest BCUT2D eigenvalue weighted by atomic mass is 10.0. The average molecular weight is 229 g/mol. The summed E-state index contributed by atoms with van der Waals surface area (Å²) < 4.78 is 0. The zero-order valence-corrected chi connectivity index (χ0v) is 9.48. The molecule has 1 heterocycles. The molecule has 1 saturated heterocycles. The van der Waals surface area contributed by atoms with E-state index in [1.165, 1.54) is 4.90 Å². The highest BCUT2D eigenvalue weighted by Gasteiger charge is 2.31. The highest BCUT2D eigenvalue weighted by atomic mass is 16.3. The standard InChI is InChI=1S/C10H19N3O3/c1-7(14)8-2-5-13(6-8)10(16)9(15)12-4-3-11/h7-8,14H,2-6,11H2,1H3,(H,12,15). The molecule has 0 saturated carbocycles. The molecule has 4 N–H and O–H groups in total. The quantitative estimate of drug-likeness (QED) is 0.502. The second-order valence-corrected chi connectivity index (χ2v) is 4.09. The van der Waals surface area contributed by atoms with Crippen LogP contribution in [0.2, 0.25) is 0 Å². The number of nitrogens with zero attached hydrogens (tertiary/aromatic N) is 1. The van der Waals surface area contributed by atoms with Crippen molar-refractivity contribution in [3.05, 3.63) is 0 Å². The molecule has 1 aliphatic rings. The van der Waals surface area contributed by atoms with Gasteiger partial charge >= 0.3 is 11.8 Å². The van der Waals surface area contributed by atoms with Crippen LogP contribution in [0.25, 0.3) is 0 Å². The zero-order chi connectivity index (χ0) is 12.1. The summed E-state index contributed by atoms with van der Waals surface area (Å²) in [6, 6.07) is 0. The molecule has 6 heteroatoms. The summed E-state index contributed by atoms with van der Waals surface area (Å²) in [5.74, 6) is -1.07. The van der Waals surface area contributed by atoms with Crippen molar-refractivity contribution in [2.75, 3.05) is 26.2 Å². The third-order valence-electron chi connectivity index (χ3n) is 2.82. The molecule has 6 nitrogen and oxygen atoms in total. The number of hydrogen-bond donors (Lipinski definition) is 3. The Kier molecular flexibility index (Phi) is 4.70. The van der Waals surface area contributed by atoms with Gasteiger partial charge in [0.25, 0.3) is 0 Å². The highest BCUT2D eigenvalue weighted by molar-refractivity contribution is 6.35. The molecule has 16 heavy (non-hydrogen) atoms. The summed E-state index contributed by atoms with van der Waals surface area (Å²) >= 11 is 0. The predicted octanol–water partition coefficient (Wildman–Crippen LogP) is -1.71. The van der Waals surface area contributed by atoms with E-state index in [0.717, 1.165) is 6.42 Å². The number of rotatable bonds is 3. The van der Waals surface area contributed by atoms with Crippen LogP contribution in [0.5, 0.6) is 0 Å². The van der Waals surface area contributed by atoms with E-state index in [1.807, 2.05) is 0 Å². The van der Waals surface area contributed by atoms with Gasteiger partial charge in [0.1, 0.15) is 0 Å². The van der Waals surface area contributed by atoms with Crippen LogP contribution in [0, 0.1) is 5.92 Å². The molecule has 2 atom stereocenters. The summed E-state index contributed by atoms with van der Waals surface area (Å²) in [7, 11) is 0. The number of hydrogen-bond acceptors (Lipinski definition) is 4. The van der Waals surface area contributed by atoms with E-state index in [4.69, 9.17) is 5.73 Å². The number of aliphatic hydroxyl groups excluding tert-OH is 1. The molecule has 0 bridgehead atoms. The van der Waals surface area contributed by atoms with E-state index in [9.17, 15) is 14.7 Å². The Balaban J connectivity index is 2.41. The summed E-state index contributed by atoms with van der Waals surface area (Å²) in [6.45, 7) is 3.30. The minimum Gasteiger partial charge on any atom is -0.393 e. The predicted molar refractivity (Wildman–Crippen MR) is 58.4 cm³/mol. The van der Waals surface area contributed by atoms with Crippen molar-refractivity contribution >= 4 is 11.8 Å². The van der Waals surface area contributed by atoms with Gasteiger partial charge in [-0.05, 0) is 13.3 Å². The van der Waals surface area contributed by atoms with Gasteiger partial charge in [0.2, 0.25) is 0 Å². The molecular weight excluding hydrogens is 210 g/mol. The Morgan fingerprint density at radius 3 is 2.81 bits per heavy atom. The van der Waals surface area contributed by atoms with E-state index in [-0.39, 0.29) is 5.92 Å². The maximum absolute atomic E-state index is 11.6. The number of amides is 2. The maximum Gasteiger partial charge on any atom is 0.311 e. The molecule has 1 aliphatic heterocycles. The molecule has 0 aliphatic carbocycles. The van der Waals surface area contributed by atoms with Crippen LogP contribution in [0.15, 0.2) is 0 Å². The number of nitrogens with one attached hydrogen (secondary N) is 1. The van der Waals surface area contributed by atoms with E-state index >= 15 is 0 Å². The molecule has 2 unspecified atom stereocenters. The lowest BCUT2D eigenvalue weighted by Gasteiger charge is -2.17. The molecule has 0 aromatic carbocycles. The maximum atomic E-state index is 11.6. The topological polar surface area (TPSA) is 95.7 Å². The van der Waals surface area contributed by atoms with Gasteiger partial charge < -0.3 is 21.1 Å². The summed E-state index contributed by atoms with van der Waals surface area (Å²) in [5, 5.41) is 11.8. The van der Waals surface area contributed by atoms with Crippen LogP contribution in [0.3, 0.4) is 0 Å². The Morgan fingerprint density at radius 1 is 1.62 bits per heavy atom. The molecule has 0 spiro atoms. The first-order valence-corrected chi connectivity index (χ1v) is 5.51. The van der Waals surface area contributed by atoms with Crippen molar-refractivity contribution in [3.63, 3.8) is 0 Å². The zero-order valence-electron chi connectivity index (χ0n) is 9.48. The lowest BCUT2D eigenvalue weighted by molar-refractivity contribution is -0.145. The normalized spacial score (nSPS) is 21.9. The Bertz CT molecular complexity index is 268. The molecule has 92 valence electrons. The largest absolute Gasteiger partial charge is 0.393 e. The number of carbonyl (C=O) groups excluding carboxylic acids is 2. The van der Waals surface area contributed by atoms with Crippen molar-refractivity contribution in [1.29, 1.82) is 0 Å². The van der Waals surface area contributed by atoms with Crippen molar-refractivity contribution in [1.82, 2.24) is 10.2 Å². The van der Waals surface area contributed by atoms with E-state index in [0.29, 0.717) is 26.2 Å². The molecule has 0 aromatic heterocycles. The van der Waals surface area contributed by atoms with Gasteiger partial charge in [-0.2, -0.15) is 0 Å². The number of carbonyl (C=O) groups is 2. The van der Waals surface area contributed by atoms with E-state index < -0.39 is 17.9 Å². The van der Waals surface area contributed by atoms with Crippen LogP contribution < -0.4 is 11.1 Å². The van der Waals surface area contributed by atoms with Crippen LogP contribution in [0.4, 0.5) is 0 Å². The second-order valence-electron chi connectivity index (χ2n) is 4.09. The molecular formula is C10H19N3O3. The third-order valence-corrected chi connectivity index (χ3v) is 2.82. The highest BCUT2D eigenvalue weighted by Crippen LogP contribution is 2.19. The van der Waals surface area contributed by atoms with Crippen LogP contribution in [0.1, 0.15) is 13.3 Å². The fourth-order valence-electron chi connectivity index (χ4n) is 1.77. The molecule has 2 amide bonds. The molecule has 0 aromatic rings. The van der Waals surface area contributed by atoms with Crippen LogP contribution >= 0.6 is 0 Å².